The van der Waals surface area contributed by atoms with Crippen molar-refractivity contribution in [3.05, 3.63) is 29.8 Å². The lowest BCUT2D eigenvalue weighted by Crippen LogP contribution is -2.22. The summed E-state index contributed by atoms with van der Waals surface area (Å²) in [7, 11) is 2.01. The summed E-state index contributed by atoms with van der Waals surface area (Å²) >= 11 is 3.42. The van der Waals surface area contributed by atoms with Gasteiger partial charge < -0.3 is 4.90 Å². The number of nitrogens with zero attached hydrogens (tertiary/aromatic N) is 3. The van der Waals surface area contributed by atoms with Gasteiger partial charge in [0, 0.05) is 12.4 Å². The van der Waals surface area contributed by atoms with Gasteiger partial charge in [-0.2, -0.15) is 5.10 Å². The van der Waals surface area contributed by atoms with Crippen LogP contribution in [-0.2, 0) is 5.33 Å². The van der Waals surface area contributed by atoms with Crippen molar-refractivity contribution in [1.82, 2.24) is 4.90 Å². The molecule has 14 heavy (non-hydrogen) atoms. The second-order valence-corrected chi connectivity index (χ2v) is 3.89. The molecule has 0 saturated carbocycles. The molecular weight excluding hydrogens is 242 g/mol. The quantitative estimate of drug-likeness (QED) is 0.754. The van der Waals surface area contributed by atoms with Gasteiger partial charge in [-0.1, -0.05) is 28.1 Å². The Morgan fingerprint density at radius 2 is 2.07 bits per heavy atom. The minimum Gasteiger partial charge on any atom is -0.345 e. The van der Waals surface area contributed by atoms with Crippen molar-refractivity contribution < 1.29 is 0 Å². The Bertz CT molecular complexity index is 334. The van der Waals surface area contributed by atoms with Gasteiger partial charge in [-0.3, -0.25) is 0 Å². The van der Waals surface area contributed by atoms with Crippen molar-refractivity contribution in [3.8, 4) is 0 Å². The molecular formula is C10H12BrN3. The summed E-state index contributed by atoms with van der Waals surface area (Å²) in [6.07, 6.45) is 1.83. The van der Waals surface area contributed by atoms with Crippen molar-refractivity contribution in [1.29, 1.82) is 0 Å². The molecule has 0 N–H and O–H groups in total. The third-order valence-corrected chi connectivity index (χ3v) is 2.78. The van der Waals surface area contributed by atoms with Crippen LogP contribution in [-0.4, -0.2) is 25.0 Å². The molecule has 4 heteroatoms. The average Bonchev–Trinajstić information content (AvgIpc) is 2.65. The number of halogens is 1. The summed E-state index contributed by atoms with van der Waals surface area (Å²) in [6.45, 7) is 0.827. The highest BCUT2D eigenvalue weighted by molar-refractivity contribution is 9.08. The van der Waals surface area contributed by atoms with E-state index in [1.54, 1.807) is 0 Å². The summed E-state index contributed by atoms with van der Waals surface area (Å²) in [6, 6.07) is 8.40. The molecule has 0 unspecified atom stereocenters. The maximum atomic E-state index is 4.26. The van der Waals surface area contributed by atoms with E-state index in [1.807, 2.05) is 23.3 Å². The zero-order valence-corrected chi connectivity index (χ0v) is 9.61. The Balaban J connectivity index is 2.14. The van der Waals surface area contributed by atoms with Gasteiger partial charge in [0.2, 0.25) is 0 Å². The van der Waals surface area contributed by atoms with E-state index in [9.17, 15) is 0 Å². The smallest absolute Gasteiger partial charge is 0.113 e. The molecule has 1 aliphatic rings. The fourth-order valence-electron chi connectivity index (χ4n) is 1.34. The molecule has 74 valence electrons. The van der Waals surface area contributed by atoms with Crippen LogP contribution < -0.4 is 5.01 Å². The number of hydrazone groups is 1. The van der Waals surface area contributed by atoms with Gasteiger partial charge in [0.05, 0.1) is 5.69 Å². The van der Waals surface area contributed by atoms with Gasteiger partial charge in [0.15, 0.2) is 0 Å². The second-order valence-electron chi connectivity index (χ2n) is 3.33. The number of hydrogen-bond acceptors (Lipinski definition) is 3. The van der Waals surface area contributed by atoms with E-state index in [-0.39, 0.29) is 0 Å². The van der Waals surface area contributed by atoms with Crippen LogP contribution in [0.25, 0.3) is 0 Å². The van der Waals surface area contributed by atoms with E-state index in [1.165, 1.54) is 5.56 Å². The van der Waals surface area contributed by atoms with E-state index in [0.29, 0.717) is 0 Å². The Kier molecular flexibility index (Phi) is 2.72. The SMILES string of the molecule is CN1C=NN(c2ccc(CBr)cc2)C1. The first-order valence-electron chi connectivity index (χ1n) is 4.46. The van der Waals surface area contributed by atoms with E-state index in [4.69, 9.17) is 0 Å². The van der Waals surface area contributed by atoms with Crippen LogP contribution in [0, 0.1) is 0 Å². The standard InChI is InChI=1S/C10H12BrN3/c1-13-7-12-14(8-13)10-4-2-9(6-11)3-5-10/h2-5,7H,6,8H2,1H3. The highest BCUT2D eigenvalue weighted by atomic mass is 79.9. The fraction of sp³-hybridized carbons (Fsp3) is 0.300. The van der Waals surface area contributed by atoms with E-state index < -0.39 is 0 Å². The lowest BCUT2D eigenvalue weighted by atomic mass is 10.2. The van der Waals surface area contributed by atoms with Crippen LogP contribution in [0.2, 0.25) is 0 Å². The predicted molar refractivity (Wildman–Crippen MR) is 62.7 cm³/mol. The molecule has 0 aromatic heterocycles. The fourth-order valence-corrected chi connectivity index (χ4v) is 1.71. The maximum Gasteiger partial charge on any atom is 0.113 e. The molecule has 1 aromatic carbocycles. The molecule has 1 heterocycles. The molecule has 0 saturated heterocycles. The Morgan fingerprint density at radius 1 is 1.36 bits per heavy atom. The van der Waals surface area contributed by atoms with Crippen LogP contribution in [0.4, 0.5) is 5.69 Å². The first-order chi connectivity index (χ1) is 6.79. The third kappa shape index (κ3) is 1.90. The zero-order chi connectivity index (χ0) is 9.97. The van der Waals surface area contributed by atoms with Gasteiger partial charge >= 0.3 is 0 Å². The molecule has 0 bridgehead atoms. The van der Waals surface area contributed by atoms with Crippen molar-refractivity contribution in [2.24, 2.45) is 5.10 Å². The van der Waals surface area contributed by atoms with Gasteiger partial charge in [-0.25, -0.2) is 5.01 Å². The normalized spacial score (nSPS) is 15.3. The van der Waals surface area contributed by atoms with Crippen LogP contribution >= 0.6 is 15.9 Å². The van der Waals surface area contributed by atoms with E-state index >= 15 is 0 Å². The molecule has 0 spiro atoms. The number of rotatable bonds is 2. The molecule has 0 amide bonds. The van der Waals surface area contributed by atoms with E-state index in [2.05, 4.69) is 45.3 Å². The summed E-state index contributed by atoms with van der Waals surface area (Å²) in [5.41, 5.74) is 2.42. The molecule has 2 rings (SSSR count). The van der Waals surface area contributed by atoms with Gasteiger partial charge in [0.25, 0.3) is 0 Å². The summed E-state index contributed by atoms with van der Waals surface area (Å²) in [5.74, 6) is 0. The monoisotopic (exact) mass is 253 g/mol. The predicted octanol–water partition coefficient (Wildman–Crippen LogP) is 2.23. The van der Waals surface area contributed by atoms with E-state index in [0.717, 1.165) is 17.7 Å². The van der Waals surface area contributed by atoms with Crippen LogP contribution in [0.15, 0.2) is 29.4 Å². The van der Waals surface area contributed by atoms with Crippen LogP contribution in [0.1, 0.15) is 5.56 Å². The van der Waals surface area contributed by atoms with Crippen molar-refractivity contribution >= 4 is 28.0 Å². The van der Waals surface area contributed by atoms with Crippen LogP contribution in [0.5, 0.6) is 0 Å². The third-order valence-electron chi connectivity index (χ3n) is 2.13. The van der Waals surface area contributed by atoms with Crippen molar-refractivity contribution in [2.45, 2.75) is 5.33 Å². The Hall–Kier alpha value is -1.03. The van der Waals surface area contributed by atoms with Crippen LogP contribution in [0.3, 0.4) is 0 Å². The van der Waals surface area contributed by atoms with Gasteiger partial charge in [0.1, 0.15) is 13.0 Å². The Morgan fingerprint density at radius 3 is 2.57 bits per heavy atom. The molecule has 0 fully saturated rings. The molecule has 3 nitrogen and oxygen atoms in total. The largest absolute Gasteiger partial charge is 0.345 e. The Labute approximate surface area is 92.1 Å². The molecule has 0 radical (unpaired) electrons. The molecule has 0 aliphatic carbocycles. The summed E-state index contributed by atoms with van der Waals surface area (Å²) in [4.78, 5) is 2.04. The lowest BCUT2D eigenvalue weighted by Gasteiger charge is -2.15. The summed E-state index contributed by atoms with van der Waals surface area (Å²) < 4.78 is 0. The highest BCUT2D eigenvalue weighted by Crippen LogP contribution is 2.18. The van der Waals surface area contributed by atoms with Gasteiger partial charge in [-0.15, -0.1) is 0 Å². The number of anilines is 1. The van der Waals surface area contributed by atoms with Crippen molar-refractivity contribution in [3.63, 3.8) is 0 Å². The van der Waals surface area contributed by atoms with Gasteiger partial charge in [-0.05, 0) is 17.7 Å². The molecule has 0 atom stereocenters. The highest BCUT2D eigenvalue weighted by Gasteiger charge is 2.11. The number of alkyl halides is 1. The first-order valence-corrected chi connectivity index (χ1v) is 5.58. The molecule has 1 aromatic rings. The van der Waals surface area contributed by atoms with Crippen molar-refractivity contribution in [2.75, 3.05) is 18.7 Å². The maximum absolute atomic E-state index is 4.26. The number of hydrogen-bond donors (Lipinski definition) is 0. The second kappa shape index (κ2) is 4.00. The lowest BCUT2D eigenvalue weighted by molar-refractivity contribution is 0.549. The topological polar surface area (TPSA) is 18.8 Å². The molecule has 1 aliphatic heterocycles. The average molecular weight is 254 g/mol. The number of benzene rings is 1. The first kappa shape index (κ1) is 9.52. The zero-order valence-electron chi connectivity index (χ0n) is 8.02. The minimum atomic E-state index is 0.827. The summed E-state index contributed by atoms with van der Waals surface area (Å²) in [5, 5.41) is 7.13. The minimum absolute atomic E-state index is 0.827.